The molecule has 3 aromatic rings. The summed E-state index contributed by atoms with van der Waals surface area (Å²) in [6.07, 6.45) is 4.81. The van der Waals surface area contributed by atoms with Crippen LogP contribution >= 0.6 is 0 Å². The minimum absolute atomic E-state index is 0.0235. The minimum Gasteiger partial charge on any atom is -0.493 e. The van der Waals surface area contributed by atoms with Crippen LogP contribution in [-0.2, 0) is 22.4 Å². The number of imidazole rings is 1. The van der Waals surface area contributed by atoms with Crippen molar-refractivity contribution in [1.29, 1.82) is 0 Å². The highest BCUT2D eigenvalue weighted by molar-refractivity contribution is 5.95. The number of ether oxygens (including phenoxy) is 3. The van der Waals surface area contributed by atoms with Crippen LogP contribution in [0.1, 0.15) is 62.0 Å². The van der Waals surface area contributed by atoms with E-state index in [1.54, 1.807) is 19.1 Å². The molecule has 202 valence electrons. The standard InChI is InChI=1S/C29H35N3O6/c1-17-8-10-21-22(31(17)29(35)38-4)11-12-23-27(21)30-26(15-18-9-13-24(36-2)25(14-18)37-3)32(23)20-7-5-6-19(16-20)28(33)34/h9,11-14,17,19-20H,5-8,10,15-16H2,1-4H3,(H,33,34)/t17?,19-,20-/m1/s1. The van der Waals surface area contributed by atoms with Crippen molar-refractivity contribution in [2.45, 2.75) is 64.0 Å². The molecule has 1 aromatic heterocycles. The summed E-state index contributed by atoms with van der Waals surface area (Å²) in [5.41, 5.74) is 4.73. The van der Waals surface area contributed by atoms with Gasteiger partial charge in [0.25, 0.3) is 0 Å². The lowest BCUT2D eigenvalue weighted by atomic mass is 9.85. The number of rotatable bonds is 6. The van der Waals surface area contributed by atoms with E-state index in [1.165, 1.54) is 7.11 Å². The Hall–Kier alpha value is -3.75. The molecule has 9 heteroatoms. The van der Waals surface area contributed by atoms with E-state index < -0.39 is 5.97 Å². The number of methoxy groups -OCH3 is 3. The Bertz CT molecular complexity index is 1370. The van der Waals surface area contributed by atoms with E-state index in [-0.39, 0.29) is 24.1 Å². The van der Waals surface area contributed by atoms with Gasteiger partial charge in [-0.05, 0) is 68.9 Å². The Balaban J connectivity index is 1.65. The lowest BCUT2D eigenvalue weighted by Crippen LogP contribution is -2.42. The molecule has 1 amide bonds. The van der Waals surface area contributed by atoms with Crippen LogP contribution in [0.3, 0.4) is 0 Å². The third kappa shape index (κ3) is 4.54. The zero-order valence-electron chi connectivity index (χ0n) is 22.4. The van der Waals surface area contributed by atoms with Crippen LogP contribution in [0.2, 0.25) is 0 Å². The van der Waals surface area contributed by atoms with Crippen molar-refractivity contribution < 1.29 is 28.9 Å². The number of carbonyl (C=O) groups excluding carboxylic acids is 1. The van der Waals surface area contributed by atoms with Gasteiger partial charge in [-0.3, -0.25) is 9.69 Å². The summed E-state index contributed by atoms with van der Waals surface area (Å²) in [7, 11) is 4.63. The Morgan fingerprint density at radius 1 is 1.05 bits per heavy atom. The molecule has 2 aromatic carbocycles. The van der Waals surface area contributed by atoms with E-state index in [0.717, 1.165) is 59.4 Å². The summed E-state index contributed by atoms with van der Waals surface area (Å²) in [4.78, 5) is 31.4. The maximum atomic E-state index is 12.6. The predicted octanol–water partition coefficient (Wildman–Crippen LogP) is 5.37. The highest BCUT2D eigenvalue weighted by Crippen LogP contribution is 2.41. The second-order valence-electron chi connectivity index (χ2n) is 10.3. The quantitative estimate of drug-likeness (QED) is 0.465. The molecule has 0 radical (unpaired) electrons. The molecule has 1 fully saturated rings. The van der Waals surface area contributed by atoms with Gasteiger partial charge < -0.3 is 23.9 Å². The summed E-state index contributed by atoms with van der Waals surface area (Å²) >= 11 is 0. The maximum Gasteiger partial charge on any atom is 0.414 e. The number of hydrogen-bond acceptors (Lipinski definition) is 6. The van der Waals surface area contributed by atoms with Crippen LogP contribution in [0.25, 0.3) is 11.0 Å². The minimum atomic E-state index is -0.736. The van der Waals surface area contributed by atoms with Crippen LogP contribution < -0.4 is 14.4 Å². The van der Waals surface area contributed by atoms with Crippen LogP contribution in [0.15, 0.2) is 30.3 Å². The average Bonchev–Trinajstić information content (AvgIpc) is 3.30. The average molecular weight is 522 g/mol. The van der Waals surface area contributed by atoms with Gasteiger partial charge in [0.2, 0.25) is 0 Å². The smallest absolute Gasteiger partial charge is 0.414 e. The molecule has 3 atom stereocenters. The van der Waals surface area contributed by atoms with E-state index in [4.69, 9.17) is 19.2 Å². The van der Waals surface area contributed by atoms with Crippen molar-refractivity contribution in [3.05, 3.63) is 47.3 Å². The number of nitrogens with zero attached hydrogens (tertiary/aromatic N) is 3. The monoisotopic (exact) mass is 521 g/mol. The van der Waals surface area contributed by atoms with Crippen molar-refractivity contribution >= 4 is 28.8 Å². The van der Waals surface area contributed by atoms with Crippen molar-refractivity contribution in [1.82, 2.24) is 9.55 Å². The van der Waals surface area contributed by atoms with E-state index in [0.29, 0.717) is 30.8 Å². The zero-order valence-corrected chi connectivity index (χ0v) is 22.4. The lowest BCUT2D eigenvalue weighted by Gasteiger charge is -2.34. The third-order valence-electron chi connectivity index (χ3n) is 8.07. The topological polar surface area (TPSA) is 103 Å². The highest BCUT2D eigenvalue weighted by Gasteiger charge is 2.34. The zero-order chi connectivity index (χ0) is 27.0. The number of carboxylic acid groups (broad SMARTS) is 1. The normalized spacial score (nSPS) is 21.2. The van der Waals surface area contributed by atoms with Gasteiger partial charge in [-0.1, -0.05) is 12.5 Å². The fraction of sp³-hybridized carbons (Fsp3) is 0.483. The molecule has 5 rings (SSSR count). The first-order valence-corrected chi connectivity index (χ1v) is 13.2. The number of fused-ring (bicyclic) bond motifs is 3. The Labute approximate surface area is 222 Å². The Morgan fingerprint density at radius 3 is 2.55 bits per heavy atom. The molecule has 2 heterocycles. The van der Waals surface area contributed by atoms with Gasteiger partial charge in [0.1, 0.15) is 5.82 Å². The van der Waals surface area contributed by atoms with Gasteiger partial charge in [-0.15, -0.1) is 0 Å². The number of carbonyl (C=O) groups is 2. The number of amides is 1. The highest BCUT2D eigenvalue weighted by atomic mass is 16.5. The molecule has 1 unspecified atom stereocenters. The molecule has 9 nitrogen and oxygen atoms in total. The molecule has 1 N–H and O–H groups in total. The number of aromatic nitrogens is 2. The van der Waals surface area contributed by atoms with E-state index >= 15 is 0 Å². The summed E-state index contributed by atoms with van der Waals surface area (Å²) in [6.45, 7) is 2.03. The van der Waals surface area contributed by atoms with E-state index in [1.807, 2.05) is 37.3 Å². The molecule has 1 aliphatic carbocycles. The predicted molar refractivity (Wildman–Crippen MR) is 143 cm³/mol. The fourth-order valence-electron chi connectivity index (χ4n) is 6.15. The van der Waals surface area contributed by atoms with Crippen LogP contribution in [0, 0.1) is 5.92 Å². The van der Waals surface area contributed by atoms with Gasteiger partial charge in [0.05, 0.1) is 44.0 Å². The number of aliphatic carboxylic acids is 1. The summed E-state index contributed by atoms with van der Waals surface area (Å²) in [6, 6.07) is 9.91. The van der Waals surface area contributed by atoms with E-state index in [2.05, 4.69) is 4.57 Å². The van der Waals surface area contributed by atoms with Crippen molar-refractivity contribution in [3.63, 3.8) is 0 Å². The van der Waals surface area contributed by atoms with Crippen LogP contribution in [0.4, 0.5) is 10.5 Å². The number of anilines is 1. The van der Waals surface area contributed by atoms with Gasteiger partial charge in [0.15, 0.2) is 11.5 Å². The van der Waals surface area contributed by atoms with Gasteiger partial charge in [0, 0.05) is 24.1 Å². The molecule has 38 heavy (non-hydrogen) atoms. The summed E-state index contributed by atoms with van der Waals surface area (Å²) < 4.78 is 18.3. The molecular weight excluding hydrogens is 486 g/mol. The van der Waals surface area contributed by atoms with Crippen LogP contribution in [0.5, 0.6) is 11.5 Å². The fourth-order valence-corrected chi connectivity index (χ4v) is 6.15. The lowest BCUT2D eigenvalue weighted by molar-refractivity contribution is -0.143. The summed E-state index contributed by atoms with van der Waals surface area (Å²) in [5, 5.41) is 9.77. The Kier molecular flexibility index (Phi) is 7.19. The first-order valence-electron chi connectivity index (χ1n) is 13.2. The van der Waals surface area contributed by atoms with E-state index in [9.17, 15) is 14.7 Å². The van der Waals surface area contributed by atoms with Crippen molar-refractivity contribution in [2.24, 2.45) is 5.92 Å². The number of aryl methyl sites for hydroxylation is 1. The Morgan fingerprint density at radius 2 is 1.84 bits per heavy atom. The van der Waals surface area contributed by atoms with Crippen LogP contribution in [-0.4, -0.2) is 54.1 Å². The molecule has 0 spiro atoms. The molecule has 0 saturated heterocycles. The maximum absolute atomic E-state index is 12.6. The van der Waals surface area contributed by atoms with Crippen molar-refractivity contribution in [2.75, 3.05) is 26.2 Å². The van der Waals surface area contributed by atoms with Gasteiger partial charge >= 0.3 is 12.1 Å². The molecule has 1 aliphatic heterocycles. The molecule has 0 bridgehead atoms. The number of benzene rings is 2. The van der Waals surface area contributed by atoms with Gasteiger partial charge in [-0.25, -0.2) is 9.78 Å². The molecule has 1 saturated carbocycles. The van der Waals surface area contributed by atoms with Gasteiger partial charge in [-0.2, -0.15) is 0 Å². The first kappa shape index (κ1) is 25.9. The second kappa shape index (κ2) is 10.6. The largest absolute Gasteiger partial charge is 0.493 e. The second-order valence-corrected chi connectivity index (χ2v) is 10.3. The van der Waals surface area contributed by atoms with Crippen molar-refractivity contribution in [3.8, 4) is 11.5 Å². The SMILES string of the molecule is COC(=O)N1c2ccc3c(nc(Cc4ccc(OC)c(OC)c4)n3[C@@H]3CCC[C@@H](C(=O)O)C3)c2CCC1C. The molecular formula is C29H35N3O6. The number of hydrogen-bond donors (Lipinski definition) is 1. The number of carboxylic acids is 1. The molecule has 2 aliphatic rings. The third-order valence-corrected chi connectivity index (χ3v) is 8.07. The first-order chi connectivity index (χ1) is 18.4. The summed E-state index contributed by atoms with van der Waals surface area (Å²) in [5.74, 6) is 1.08.